The van der Waals surface area contributed by atoms with Crippen LogP contribution in [0.1, 0.15) is 45.1 Å². The van der Waals surface area contributed by atoms with Gasteiger partial charge >= 0.3 is 0 Å². The van der Waals surface area contributed by atoms with Crippen molar-refractivity contribution in [1.82, 2.24) is 0 Å². The van der Waals surface area contributed by atoms with E-state index in [4.69, 9.17) is 11.6 Å². The van der Waals surface area contributed by atoms with E-state index in [1.165, 1.54) is 0 Å². The number of benzene rings is 1. The Bertz CT molecular complexity index is 439. The fourth-order valence-electron chi connectivity index (χ4n) is 2.59. The van der Waals surface area contributed by atoms with Gasteiger partial charge in [-0.15, -0.1) is 0 Å². The van der Waals surface area contributed by atoms with Gasteiger partial charge in [-0.05, 0) is 44.4 Å². The second-order valence-corrected chi connectivity index (χ2v) is 6.29. The van der Waals surface area contributed by atoms with Gasteiger partial charge in [-0.1, -0.05) is 30.2 Å². The number of ketones is 1. The Morgan fingerprint density at radius 3 is 2.28 bits per heavy atom. The lowest BCUT2D eigenvalue weighted by molar-refractivity contribution is -0.131. The summed E-state index contributed by atoms with van der Waals surface area (Å²) in [6, 6.07) is 7.52. The summed E-state index contributed by atoms with van der Waals surface area (Å²) < 4.78 is 0. The molecule has 1 fully saturated rings. The summed E-state index contributed by atoms with van der Waals surface area (Å²) in [4.78, 5) is 12.5. The molecule has 0 spiro atoms. The Kier molecular flexibility index (Phi) is 3.52. The average Bonchev–Trinajstić information content (AvgIpc) is 2.16. The van der Waals surface area contributed by atoms with E-state index >= 15 is 0 Å². The Morgan fingerprint density at radius 1 is 1.33 bits per heavy atom. The molecule has 0 atom stereocenters. The summed E-state index contributed by atoms with van der Waals surface area (Å²) in [6.45, 7) is 3.36. The minimum absolute atomic E-state index is 0.142. The number of halogens is 1. The van der Waals surface area contributed by atoms with Gasteiger partial charge in [0.25, 0.3) is 0 Å². The molecule has 0 heterocycles. The largest absolute Gasteiger partial charge is 0.390 e. The zero-order chi connectivity index (χ0) is 13.4. The van der Waals surface area contributed by atoms with Gasteiger partial charge in [-0.25, -0.2) is 0 Å². The first-order valence-corrected chi connectivity index (χ1v) is 6.73. The van der Waals surface area contributed by atoms with Gasteiger partial charge in [0.15, 0.2) is 0 Å². The summed E-state index contributed by atoms with van der Waals surface area (Å²) in [5.74, 6) is 0.142. The lowest BCUT2D eigenvalue weighted by Crippen LogP contribution is -2.45. The second-order valence-electron chi connectivity index (χ2n) is 5.85. The first-order chi connectivity index (χ1) is 8.33. The number of rotatable bonds is 4. The van der Waals surface area contributed by atoms with E-state index in [-0.39, 0.29) is 17.6 Å². The number of hydrogen-bond acceptors (Lipinski definition) is 2. The lowest BCUT2D eigenvalue weighted by atomic mass is 9.60. The van der Waals surface area contributed by atoms with Crippen molar-refractivity contribution in [2.24, 2.45) is 0 Å². The van der Waals surface area contributed by atoms with E-state index in [9.17, 15) is 9.90 Å². The van der Waals surface area contributed by atoms with Crippen LogP contribution in [0.25, 0.3) is 0 Å². The molecule has 0 bridgehead atoms. The highest BCUT2D eigenvalue weighted by Crippen LogP contribution is 2.46. The van der Waals surface area contributed by atoms with Crippen LogP contribution in [0.3, 0.4) is 0 Å². The van der Waals surface area contributed by atoms with Crippen LogP contribution in [0.2, 0.25) is 5.02 Å². The first kappa shape index (κ1) is 13.6. The van der Waals surface area contributed by atoms with Crippen molar-refractivity contribution in [2.45, 2.75) is 50.5 Å². The zero-order valence-electron chi connectivity index (χ0n) is 10.9. The minimum Gasteiger partial charge on any atom is -0.390 e. The molecule has 0 unspecified atom stereocenters. The van der Waals surface area contributed by atoms with Gasteiger partial charge in [0.05, 0.1) is 11.0 Å². The topological polar surface area (TPSA) is 37.3 Å². The third-order valence-electron chi connectivity index (χ3n) is 3.73. The quantitative estimate of drug-likeness (QED) is 0.906. The third kappa shape index (κ3) is 2.60. The average molecular weight is 267 g/mol. The number of carbonyl (C=O) groups excluding carboxylic acids is 1. The molecule has 98 valence electrons. The molecule has 1 aliphatic carbocycles. The van der Waals surface area contributed by atoms with Crippen LogP contribution >= 0.6 is 11.6 Å². The highest BCUT2D eigenvalue weighted by molar-refractivity contribution is 6.30. The Balaban J connectivity index is 2.26. The molecule has 3 heteroatoms. The van der Waals surface area contributed by atoms with Crippen molar-refractivity contribution < 1.29 is 9.90 Å². The molecular formula is C15H19ClO2. The molecule has 0 amide bonds. The van der Waals surface area contributed by atoms with Crippen LogP contribution in [-0.4, -0.2) is 16.5 Å². The smallest absolute Gasteiger partial charge is 0.146 e. The van der Waals surface area contributed by atoms with E-state index in [1.54, 1.807) is 13.8 Å². The molecule has 2 nitrogen and oxygen atoms in total. The van der Waals surface area contributed by atoms with Gasteiger partial charge in [-0.3, -0.25) is 4.79 Å². The van der Waals surface area contributed by atoms with Crippen LogP contribution in [-0.2, 0) is 10.2 Å². The highest BCUT2D eigenvalue weighted by Gasteiger charge is 2.46. The predicted molar refractivity (Wildman–Crippen MR) is 72.9 cm³/mol. The van der Waals surface area contributed by atoms with Crippen molar-refractivity contribution in [2.75, 3.05) is 0 Å². The molecule has 1 N–H and O–H groups in total. The van der Waals surface area contributed by atoms with E-state index in [1.807, 2.05) is 24.3 Å². The summed E-state index contributed by atoms with van der Waals surface area (Å²) in [7, 11) is 0. The summed E-state index contributed by atoms with van der Waals surface area (Å²) in [5.41, 5.74) is -0.288. The maximum atomic E-state index is 12.5. The molecular weight excluding hydrogens is 248 g/mol. The highest BCUT2D eigenvalue weighted by atomic mass is 35.5. The van der Waals surface area contributed by atoms with Crippen LogP contribution < -0.4 is 0 Å². The molecule has 0 radical (unpaired) electrons. The molecule has 1 aromatic carbocycles. The Hall–Kier alpha value is -0.860. The van der Waals surface area contributed by atoms with Crippen LogP contribution in [0.15, 0.2) is 24.3 Å². The van der Waals surface area contributed by atoms with Gasteiger partial charge in [0.1, 0.15) is 5.78 Å². The van der Waals surface area contributed by atoms with E-state index in [0.29, 0.717) is 5.02 Å². The van der Waals surface area contributed by atoms with Crippen molar-refractivity contribution in [3.63, 3.8) is 0 Å². The normalized spacial score (nSPS) is 18.2. The molecule has 18 heavy (non-hydrogen) atoms. The second kappa shape index (κ2) is 4.67. The van der Waals surface area contributed by atoms with Crippen molar-refractivity contribution in [3.05, 3.63) is 34.9 Å². The Labute approximate surface area is 113 Å². The molecule has 2 rings (SSSR count). The standard InChI is InChI=1S/C15H19ClO2/c1-14(2,18)10-13(17)15(8-3-9-15)11-4-6-12(16)7-5-11/h4-7,18H,3,8-10H2,1-2H3. The monoisotopic (exact) mass is 266 g/mol. The summed E-state index contributed by atoms with van der Waals surface area (Å²) >= 11 is 5.88. The van der Waals surface area contributed by atoms with Crippen LogP contribution in [0.5, 0.6) is 0 Å². The molecule has 0 aliphatic heterocycles. The molecule has 1 aliphatic rings. The van der Waals surface area contributed by atoms with Gasteiger partial charge in [0, 0.05) is 11.4 Å². The Morgan fingerprint density at radius 2 is 1.89 bits per heavy atom. The van der Waals surface area contributed by atoms with Crippen molar-refractivity contribution in [1.29, 1.82) is 0 Å². The molecule has 1 aromatic rings. The number of carbonyl (C=O) groups is 1. The van der Waals surface area contributed by atoms with Gasteiger partial charge in [-0.2, -0.15) is 0 Å². The minimum atomic E-state index is -0.938. The molecule has 0 saturated heterocycles. The molecule has 0 aromatic heterocycles. The van der Waals surface area contributed by atoms with Crippen LogP contribution in [0, 0.1) is 0 Å². The maximum absolute atomic E-state index is 12.5. The first-order valence-electron chi connectivity index (χ1n) is 6.35. The lowest BCUT2D eigenvalue weighted by Gasteiger charge is -2.42. The number of hydrogen-bond donors (Lipinski definition) is 1. The van der Waals surface area contributed by atoms with Crippen molar-refractivity contribution in [3.8, 4) is 0 Å². The number of Topliss-reactive ketones (excluding diaryl/α,β-unsaturated/α-hetero) is 1. The van der Waals surface area contributed by atoms with E-state index < -0.39 is 5.60 Å². The summed E-state index contributed by atoms with van der Waals surface area (Å²) in [6.07, 6.45) is 3.03. The fraction of sp³-hybridized carbons (Fsp3) is 0.533. The van der Waals surface area contributed by atoms with Gasteiger partial charge in [0.2, 0.25) is 0 Å². The molecule has 1 saturated carbocycles. The zero-order valence-corrected chi connectivity index (χ0v) is 11.6. The van der Waals surface area contributed by atoms with Crippen molar-refractivity contribution >= 4 is 17.4 Å². The van der Waals surface area contributed by atoms with Crippen LogP contribution in [0.4, 0.5) is 0 Å². The third-order valence-corrected chi connectivity index (χ3v) is 3.98. The van der Waals surface area contributed by atoms with E-state index in [0.717, 1.165) is 24.8 Å². The van der Waals surface area contributed by atoms with Gasteiger partial charge < -0.3 is 5.11 Å². The SMILES string of the molecule is CC(C)(O)CC(=O)C1(c2ccc(Cl)cc2)CCC1. The van der Waals surface area contributed by atoms with E-state index in [2.05, 4.69) is 0 Å². The summed E-state index contributed by atoms with van der Waals surface area (Å²) in [5, 5.41) is 10.5. The fourth-order valence-corrected chi connectivity index (χ4v) is 2.72. The predicted octanol–water partition coefficient (Wildman–Crippen LogP) is 3.49. The maximum Gasteiger partial charge on any atom is 0.146 e. The number of aliphatic hydroxyl groups is 1.